The van der Waals surface area contributed by atoms with Crippen LogP contribution in [0.1, 0.15) is 61.6 Å². The number of carbonyl (C=O) groups is 2. The van der Waals surface area contributed by atoms with E-state index in [9.17, 15) is 18.4 Å². The summed E-state index contributed by atoms with van der Waals surface area (Å²) in [6.45, 7) is 13.3. The first-order valence-electron chi connectivity index (χ1n) is 13.0. The molecular formula is C28H34F2N6O3. The van der Waals surface area contributed by atoms with Gasteiger partial charge in [0.15, 0.2) is 0 Å². The fourth-order valence-corrected chi connectivity index (χ4v) is 4.97. The van der Waals surface area contributed by atoms with Crippen molar-refractivity contribution < 1.29 is 22.8 Å². The topological polar surface area (TPSA) is 104 Å². The maximum atomic E-state index is 12.8. The highest BCUT2D eigenvalue weighted by Crippen LogP contribution is 2.34. The lowest BCUT2D eigenvalue weighted by molar-refractivity contribution is -0.108. The third-order valence-electron chi connectivity index (χ3n) is 6.85. The Morgan fingerprint density at radius 1 is 1.13 bits per heavy atom. The van der Waals surface area contributed by atoms with Crippen LogP contribution in [0, 0.1) is 5.92 Å². The number of piperazine rings is 1. The molecule has 2 aromatic heterocycles. The Labute approximate surface area is 226 Å². The van der Waals surface area contributed by atoms with E-state index in [2.05, 4.69) is 44.1 Å². The summed E-state index contributed by atoms with van der Waals surface area (Å²) in [5, 5.41) is 9.28. The Bertz CT molecular complexity index is 1280. The van der Waals surface area contributed by atoms with Crippen molar-refractivity contribution in [3.63, 3.8) is 0 Å². The molecule has 3 aromatic rings. The first kappa shape index (κ1) is 28.3. The van der Waals surface area contributed by atoms with Gasteiger partial charge in [0.1, 0.15) is 0 Å². The zero-order chi connectivity index (χ0) is 28.2. The van der Waals surface area contributed by atoms with E-state index in [0.29, 0.717) is 29.9 Å². The lowest BCUT2D eigenvalue weighted by Crippen LogP contribution is -2.47. The molecule has 1 fully saturated rings. The van der Waals surface area contributed by atoms with Gasteiger partial charge in [0.05, 0.1) is 5.56 Å². The fourth-order valence-electron chi connectivity index (χ4n) is 4.97. The first-order valence-corrected chi connectivity index (χ1v) is 13.0. The molecular weight excluding hydrogens is 506 g/mol. The van der Waals surface area contributed by atoms with E-state index in [1.54, 1.807) is 18.2 Å². The van der Waals surface area contributed by atoms with Crippen LogP contribution in [0.15, 0.2) is 40.9 Å². The Morgan fingerprint density at radius 3 is 2.46 bits per heavy atom. The molecule has 1 aromatic carbocycles. The van der Waals surface area contributed by atoms with E-state index in [1.807, 2.05) is 26.0 Å². The highest BCUT2D eigenvalue weighted by molar-refractivity contribution is 6.01. The largest absolute Gasteiger partial charge is 0.415 e. The van der Waals surface area contributed by atoms with Gasteiger partial charge in [0.25, 0.3) is 11.8 Å². The molecule has 11 heteroatoms. The third kappa shape index (κ3) is 6.83. The summed E-state index contributed by atoms with van der Waals surface area (Å²) in [4.78, 5) is 33.1. The van der Waals surface area contributed by atoms with E-state index in [-0.39, 0.29) is 5.89 Å². The second kappa shape index (κ2) is 12.0. The van der Waals surface area contributed by atoms with Crippen molar-refractivity contribution in [2.45, 2.75) is 46.0 Å². The van der Waals surface area contributed by atoms with E-state index in [1.165, 1.54) is 6.20 Å². The summed E-state index contributed by atoms with van der Waals surface area (Å²) in [6, 6.07) is 9.21. The average Bonchev–Trinajstić information content (AvgIpc) is 3.40. The number of alkyl halides is 2. The Morgan fingerprint density at radius 2 is 1.87 bits per heavy atom. The van der Waals surface area contributed by atoms with Crippen LogP contribution in [0.3, 0.4) is 0 Å². The van der Waals surface area contributed by atoms with Gasteiger partial charge in [-0.2, -0.15) is 8.78 Å². The van der Waals surface area contributed by atoms with Crippen molar-refractivity contribution in [3.8, 4) is 11.5 Å². The number of pyridine rings is 1. The minimum Gasteiger partial charge on any atom is -0.415 e. The van der Waals surface area contributed by atoms with Crippen molar-refractivity contribution in [3.05, 3.63) is 59.2 Å². The molecule has 0 radical (unpaired) electrons. The van der Waals surface area contributed by atoms with Crippen molar-refractivity contribution >= 4 is 18.0 Å². The van der Waals surface area contributed by atoms with Crippen LogP contribution in [0.5, 0.6) is 0 Å². The smallest absolute Gasteiger partial charge is 0.314 e. The summed E-state index contributed by atoms with van der Waals surface area (Å²) in [5.41, 5.74) is 2.88. The van der Waals surface area contributed by atoms with Gasteiger partial charge in [0, 0.05) is 55.9 Å². The Balaban J connectivity index is 1.57. The van der Waals surface area contributed by atoms with Gasteiger partial charge in [-0.15, -0.1) is 10.2 Å². The van der Waals surface area contributed by atoms with Crippen molar-refractivity contribution in [1.82, 2.24) is 25.4 Å². The quantitative estimate of drug-likeness (QED) is 0.381. The number of nitrogens with one attached hydrogen (secondary N) is 1. The number of nitrogens with zero attached hydrogens (tertiary/aromatic N) is 5. The second-order valence-electron chi connectivity index (χ2n) is 10.8. The second-order valence-corrected chi connectivity index (χ2v) is 10.8. The van der Waals surface area contributed by atoms with Crippen LogP contribution >= 0.6 is 0 Å². The lowest BCUT2D eigenvalue weighted by Gasteiger charge is -2.37. The molecule has 208 valence electrons. The molecule has 1 saturated heterocycles. The molecule has 1 aliphatic heterocycles. The summed E-state index contributed by atoms with van der Waals surface area (Å²) >= 11 is 0. The average molecular weight is 541 g/mol. The van der Waals surface area contributed by atoms with Crippen LogP contribution in [0.2, 0.25) is 0 Å². The maximum absolute atomic E-state index is 12.8. The lowest BCUT2D eigenvalue weighted by atomic mass is 9.77. The van der Waals surface area contributed by atoms with Gasteiger partial charge in [-0.05, 0) is 53.6 Å². The molecule has 3 heterocycles. The molecule has 1 N–H and O–H groups in total. The predicted octanol–water partition coefficient (Wildman–Crippen LogP) is 4.25. The zero-order valence-electron chi connectivity index (χ0n) is 22.7. The maximum Gasteiger partial charge on any atom is 0.314 e. The minimum atomic E-state index is -2.84. The molecule has 0 saturated carbocycles. The molecule has 9 nitrogen and oxygen atoms in total. The molecule has 0 atom stereocenters. The number of rotatable bonds is 10. The van der Waals surface area contributed by atoms with Crippen LogP contribution in [-0.4, -0.2) is 65.1 Å². The van der Waals surface area contributed by atoms with E-state index < -0.39 is 23.6 Å². The molecule has 0 bridgehead atoms. The van der Waals surface area contributed by atoms with Crippen LogP contribution in [-0.2, 0) is 16.6 Å². The molecule has 4 rings (SSSR count). The van der Waals surface area contributed by atoms with Crippen LogP contribution in [0.4, 0.5) is 14.5 Å². The number of anilines is 1. The molecule has 0 spiro atoms. The van der Waals surface area contributed by atoms with Crippen molar-refractivity contribution in [2.24, 2.45) is 5.92 Å². The number of aromatic nitrogens is 3. The summed E-state index contributed by atoms with van der Waals surface area (Å²) in [6.07, 6.45) is -0.476. The van der Waals surface area contributed by atoms with E-state index >= 15 is 0 Å². The number of amides is 2. The Hall–Kier alpha value is -3.73. The summed E-state index contributed by atoms with van der Waals surface area (Å²) in [5.74, 6) is -0.615. The van der Waals surface area contributed by atoms with Gasteiger partial charge in [-0.3, -0.25) is 24.8 Å². The molecule has 0 aliphatic carbocycles. The zero-order valence-corrected chi connectivity index (χ0v) is 22.7. The first-order chi connectivity index (χ1) is 18.6. The van der Waals surface area contributed by atoms with Crippen molar-refractivity contribution in [1.29, 1.82) is 0 Å². The minimum absolute atomic E-state index is 0.0300. The Kier molecular flexibility index (Phi) is 8.69. The number of imide groups is 1. The number of hydrogen-bond acceptors (Lipinski definition) is 8. The van der Waals surface area contributed by atoms with E-state index in [0.717, 1.165) is 49.7 Å². The van der Waals surface area contributed by atoms with Gasteiger partial charge in [-0.1, -0.05) is 27.7 Å². The van der Waals surface area contributed by atoms with Gasteiger partial charge in [-0.25, -0.2) is 0 Å². The number of carbonyl (C=O) groups excluding carboxylic acids is 2. The molecule has 0 unspecified atom stereocenters. The number of halogens is 2. The van der Waals surface area contributed by atoms with Gasteiger partial charge in [0.2, 0.25) is 12.3 Å². The van der Waals surface area contributed by atoms with Crippen LogP contribution in [0.25, 0.3) is 11.5 Å². The summed E-state index contributed by atoms with van der Waals surface area (Å²) in [7, 11) is 0. The van der Waals surface area contributed by atoms with Gasteiger partial charge < -0.3 is 9.32 Å². The summed E-state index contributed by atoms with van der Waals surface area (Å²) < 4.78 is 30.6. The van der Waals surface area contributed by atoms with Gasteiger partial charge >= 0.3 is 6.43 Å². The molecule has 39 heavy (non-hydrogen) atoms. The van der Waals surface area contributed by atoms with Crippen LogP contribution < -0.4 is 10.2 Å². The molecule has 2 amide bonds. The third-order valence-corrected chi connectivity index (χ3v) is 6.85. The van der Waals surface area contributed by atoms with Crippen molar-refractivity contribution in [2.75, 3.05) is 37.6 Å². The standard InChI is InChI=1S/C28H34F2N6O3/c1-18(2)16-35-9-11-36(12-10-35)21-7-8-22(25(38)32-17-37)23(13-21)28(3,4)14-20-6-5-19(15-31-20)26-33-34-27(39-26)24(29)30/h5-8,13,15,17-18,24H,9-12,14,16H2,1-4H3,(H,32,37,38). The fraction of sp³-hybridized carbons (Fsp3) is 0.464. The number of benzene rings is 1. The molecule has 1 aliphatic rings. The monoisotopic (exact) mass is 540 g/mol. The highest BCUT2D eigenvalue weighted by Gasteiger charge is 2.29. The SMILES string of the molecule is CC(C)CN1CCN(c2ccc(C(=O)NC=O)c(C(C)(C)Cc3ccc(-c4nnc(C(F)F)o4)cn3)c2)CC1. The number of hydrogen-bond donors (Lipinski definition) is 1. The predicted molar refractivity (Wildman–Crippen MR) is 143 cm³/mol. The van der Waals surface area contributed by atoms with E-state index in [4.69, 9.17) is 4.42 Å². The normalized spacial score (nSPS) is 14.7. The highest BCUT2D eigenvalue weighted by atomic mass is 19.3.